The van der Waals surface area contributed by atoms with E-state index in [1.807, 2.05) is 33.9 Å². The Bertz CT molecular complexity index is 362. The fourth-order valence-electron chi connectivity index (χ4n) is 1.25. The summed E-state index contributed by atoms with van der Waals surface area (Å²) in [6, 6.07) is -0.528. The molecule has 16 heavy (non-hydrogen) atoms. The van der Waals surface area contributed by atoms with Crippen molar-refractivity contribution in [3.8, 4) is 0 Å². The summed E-state index contributed by atoms with van der Waals surface area (Å²) in [7, 11) is 0. The minimum Gasteiger partial charge on any atom is -0.346 e. The third-order valence-electron chi connectivity index (χ3n) is 2.39. The van der Waals surface area contributed by atoms with Crippen LogP contribution in [0.25, 0.3) is 0 Å². The minimum atomic E-state index is -0.455. The molecule has 0 aliphatic heterocycles. The van der Waals surface area contributed by atoms with Crippen molar-refractivity contribution in [1.82, 2.24) is 10.3 Å². The van der Waals surface area contributed by atoms with E-state index in [-0.39, 0.29) is 17.9 Å². The molecule has 0 bridgehead atoms. The lowest BCUT2D eigenvalue weighted by Gasteiger charge is -2.18. The van der Waals surface area contributed by atoms with Crippen LogP contribution in [0.1, 0.15) is 36.7 Å². The lowest BCUT2D eigenvalue weighted by atomic mass is 10.0. The van der Waals surface area contributed by atoms with Gasteiger partial charge >= 0.3 is 0 Å². The second-order valence-corrected chi connectivity index (χ2v) is 5.58. The third kappa shape index (κ3) is 3.28. The van der Waals surface area contributed by atoms with E-state index in [9.17, 15) is 4.79 Å². The molecule has 1 rings (SSSR count). The molecule has 0 saturated carbocycles. The van der Waals surface area contributed by atoms with Crippen LogP contribution in [-0.2, 0) is 4.79 Å². The van der Waals surface area contributed by atoms with Crippen LogP contribution in [0, 0.1) is 12.8 Å². The van der Waals surface area contributed by atoms with E-state index in [0.717, 1.165) is 9.88 Å². The first-order chi connectivity index (χ1) is 7.41. The standard InChI is InChI=1S/C11H19N3OS/c1-6(2)9(12)10(15)14-8(4)11-13-5-7(3)16-11/h5-6,8-9H,12H2,1-4H3,(H,14,15)/t8?,9-/m1/s1. The molecule has 1 amide bonds. The first kappa shape index (κ1) is 13.1. The highest BCUT2D eigenvalue weighted by atomic mass is 32.1. The average Bonchev–Trinajstić information content (AvgIpc) is 2.63. The van der Waals surface area contributed by atoms with Gasteiger partial charge in [-0.25, -0.2) is 4.98 Å². The molecule has 0 aliphatic rings. The zero-order chi connectivity index (χ0) is 12.3. The fraction of sp³-hybridized carbons (Fsp3) is 0.636. The minimum absolute atomic E-state index is 0.0731. The first-order valence-electron chi connectivity index (χ1n) is 5.40. The Balaban J connectivity index is 2.58. The second-order valence-electron chi connectivity index (χ2n) is 4.31. The third-order valence-corrected chi connectivity index (χ3v) is 3.48. The highest BCUT2D eigenvalue weighted by Crippen LogP contribution is 2.19. The van der Waals surface area contributed by atoms with Gasteiger partial charge in [0.05, 0.1) is 12.1 Å². The molecule has 0 radical (unpaired) electrons. The van der Waals surface area contributed by atoms with Crippen LogP contribution in [0.15, 0.2) is 6.20 Å². The van der Waals surface area contributed by atoms with Crippen LogP contribution in [0.2, 0.25) is 0 Å². The lowest BCUT2D eigenvalue weighted by molar-refractivity contribution is -0.123. The smallest absolute Gasteiger partial charge is 0.237 e. The van der Waals surface area contributed by atoms with E-state index in [4.69, 9.17) is 5.73 Å². The molecule has 0 aliphatic carbocycles. The summed E-state index contributed by atoms with van der Waals surface area (Å²) in [5, 5.41) is 3.79. The van der Waals surface area contributed by atoms with Crippen molar-refractivity contribution in [2.45, 2.75) is 39.8 Å². The lowest BCUT2D eigenvalue weighted by Crippen LogP contribution is -2.44. The number of hydrogen-bond donors (Lipinski definition) is 2. The number of amides is 1. The number of aromatic nitrogens is 1. The predicted molar refractivity (Wildman–Crippen MR) is 66.2 cm³/mol. The maximum Gasteiger partial charge on any atom is 0.237 e. The molecule has 0 saturated heterocycles. The largest absolute Gasteiger partial charge is 0.346 e. The molecule has 4 nitrogen and oxygen atoms in total. The first-order valence-corrected chi connectivity index (χ1v) is 6.21. The second kappa shape index (κ2) is 5.41. The summed E-state index contributed by atoms with van der Waals surface area (Å²) in [6.07, 6.45) is 1.81. The number of carbonyl (C=O) groups is 1. The van der Waals surface area contributed by atoms with Crippen molar-refractivity contribution in [3.05, 3.63) is 16.1 Å². The quantitative estimate of drug-likeness (QED) is 0.841. The summed E-state index contributed by atoms with van der Waals surface area (Å²) >= 11 is 1.59. The fourth-order valence-corrected chi connectivity index (χ4v) is 2.02. The summed E-state index contributed by atoms with van der Waals surface area (Å²) in [5.74, 6) is 0.0283. The molecule has 3 N–H and O–H groups in total. The molecule has 0 fully saturated rings. The van der Waals surface area contributed by atoms with Gasteiger partial charge < -0.3 is 11.1 Å². The maximum absolute atomic E-state index is 11.7. The molecule has 1 aromatic rings. The SMILES string of the molecule is Cc1cnc(C(C)NC(=O)[C@H](N)C(C)C)s1. The molecule has 1 aromatic heterocycles. The Morgan fingerprint density at radius 2 is 2.12 bits per heavy atom. The highest BCUT2D eigenvalue weighted by molar-refractivity contribution is 7.11. The van der Waals surface area contributed by atoms with E-state index in [2.05, 4.69) is 10.3 Å². The molecule has 1 heterocycles. The number of aryl methyl sites for hydroxylation is 1. The number of carbonyl (C=O) groups excluding carboxylic acids is 1. The van der Waals surface area contributed by atoms with Gasteiger partial charge in [-0.2, -0.15) is 0 Å². The van der Waals surface area contributed by atoms with Crippen LogP contribution in [0.3, 0.4) is 0 Å². The Kier molecular flexibility index (Phi) is 4.44. The van der Waals surface area contributed by atoms with Crippen molar-refractivity contribution in [2.24, 2.45) is 11.7 Å². The van der Waals surface area contributed by atoms with E-state index in [1.54, 1.807) is 11.3 Å². The zero-order valence-corrected chi connectivity index (χ0v) is 11.0. The summed E-state index contributed by atoms with van der Waals surface area (Å²) < 4.78 is 0. The molecular weight excluding hydrogens is 222 g/mol. The Morgan fingerprint density at radius 3 is 2.56 bits per heavy atom. The van der Waals surface area contributed by atoms with Crippen molar-refractivity contribution in [3.63, 3.8) is 0 Å². The van der Waals surface area contributed by atoms with Gasteiger partial charge in [-0.15, -0.1) is 11.3 Å². The number of nitrogens with zero attached hydrogens (tertiary/aromatic N) is 1. The number of nitrogens with two attached hydrogens (primary N) is 1. The molecule has 5 heteroatoms. The van der Waals surface area contributed by atoms with Crippen LogP contribution in [0.5, 0.6) is 0 Å². The molecule has 0 aromatic carbocycles. The molecule has 90 valence electrons. The maximum atomic E-state index is 11.7. The summed E-state index contributed by atoms with van der Waals surface area (Å²) in [5.41, 5.74) is 5.76. The topological polar surface area (TPSA) is 68.0 Å². The number of thiazole rings is 1. The zero-order valence-electron chi connectivity index (χ0n) is 10.2. The van der Waals surface area contributed by atoms with E-state index in [1.165, 1.54) is 0 Å². The Labute approximate surface area is 100 Å². The molecular formula is C11H19N3OS. The van der Waals surface area contributed by atoms with Crippen molar-refractivity contribution in [2.75, 3.05) is 0 Å². The van der Waals surface area contributed by atoms with Crippen LogP contribution < -0.4 is 11.1 Å². The molecule has 2 atom stereocenters. The van der Waals surface area contributed by atoms with Gasteiger partial charge in [0.25, 0.3) is 0 Å². The Hall–Kier alpha value is -0.940. The highest BCUT2D eigenvalue weighted by Gasteiger charge is 2.20. The van der Waals surface area contributed by atoms with Crippen molar-refractivity contribution < 1.29 is 4.79 Å². The number of nitrogens with one attached hydrogen (secondary N) is 1. The van der Waals surface area contributed by atoms with Gasteiger partial charge in [-0.05, 0) is 19.8 Å². The Morgan fingerprint density at radius 1 is 1.50 bits per heavy atom. The van der Waals surface area contributed by atoms with E-state index < -0.39 is 6.04 Å². The van der Waals surface area contributed by atoms with Gasteiger partial charge in [-0.3, -0.25) is 4.79 Å². The summed E-state index contributed by atoms with van der Waals surface area (Å²) in [4.78, 5) is 17.1. The molecule has 0 spiro atoms. The normalized spacial score (nSPS) is 14.9. The van der Waals surface area contributed by atoms with Gasteiger partial charge in [0.15, 0.2) is 0 Å². The molecule has 1 unspecified atom stereocenters. The van der Waals surface area contributed by atoms with Gasteiger partial charge in [0, 0.05) is 11.1 Å². The predicted octanol–water partition coefficient (Wildman–Crippen LogP) is 1.61. The number of hydrogen-bond acceptors (Lipinski definition) is 4. The van der Waals surface area contributed by atoms with Gasteiger partial charge in [0.1, 0.15) is 5.01 Å². The van der Waals surface area contributed by atoms with E-state index >= 15 is 0 Å². The van der Waals surface area contributed by atoms with Gasteiger partial charge in [0.2, 0.25) is 5.91 Å². The van der Waals surface area contributed by atoms with Crippen molar-refractivity contribution >= 4 is 17.2 Å². The van der Waals surface area contributed by atoms with E-state index in [0.29, 0.717) is 0 Å². The van der Waals surface area contributed by atoms with Crippen LogP contribution >= 0.6 is 11.3 Å². The van der Waals surface area contributed by atoms with Crippen molar-refractivity contribution in [1.29, 1.82) is 0 Å². The monoisotopic (exact) mass is 241 g/mol. The van der Waals surface area contributed by atoms with Crippen LogP contribution in [0.4, 0.5) is 0 Å². The average molecular weight is 241 g/mol. The van der Waals surface area contributed by atoms with Gasteiger partial charge in [-0.1, -0.05) is 13.8 Å². The summed E-state index contributed by atoms with van der Waals surface area (Å²) in [6.45, 7) is 7.78. The number of rotatable bonds is 4. The van der Waals surface area contributed by atoms with Crippen LogP contribution in [-0.4, -0.2) is 16.9 Å².